The Bertz CT molecular complexity index is 1180. The number of nitrogens with zero attached hydrogens (tertiary/aromatic N) is 3. The lowest BCUT2D eigenvalue weighted by Crippen LogP contribution is -2.24. The predicted molar refractivity (Wildman–Crippen MR) is 116 cm³/mol. The van der Waals surface area contributed by atoms with E-state index in [-0.39, 0.29) is 11.7 Å². The lowest BCUT2D eigenvalue weighted by molar-refractivity contribution is -0.118. The number of amides is 1. The molecule has 3 aromatic heterocycles. The summed E-state index contributed by atoms with van der Waals surface area (Å²) in [4.78, 5) is 17.0. The third-order valence-corrected chi connectivity index (χ3v) is 5.62. The number of aryl methyl sites for hydroxylation is 2. The minimum atomic E-state index is -0.0761. The van der Waals surface area contributed by atoms with Gasteiger partial charge < -0.3 is 14.5 Å². The van der Waals surface area contributed by atoms with Gasteiger partial charge in [0.25, 0.3) is 0 Å². The van der Waals surface area contributed by atoms with Crippen LogP contribution in [0.4, 0.5) is 0 Å². The van der Waals surface area contributed by atoms with Gasteiger partial charge >= 0.3 is 0 Å². The summed E-state index contributed by atoms with van der Waals surface area (Å²) in [6.07, 6.45) is 1.59. The molecule has 0 radical (unpaired) electrons. The molecule has 4 aromatic rings. The Balaban J connectivity index is 1.61. The van der Waals surface area contributed by atoms with Gasteiger partial charge in [0.05, 0.1) is 36.9 Å². The van der Waals surface area contributed by atoms with Crippen LogP contribution >= 0.6 is 11.8 Å². The van der Waals surface area contributed by atoms with Gasteiger partial charge in [-0.25, -0.2) is 9.50 Å². The van der Waals surface area contributed by atoms with Crippen LogP contribution in [0.3, 0.4) is 0 Å². The standard InChI is InChI=1S/C22H22N4O3S/c1-14-11-20(30-13-19(27)23-12-16-7-6-10-29-16)26-22(24-14)21(15(2)25-26)17-8-4-5-9-18(17)28-3/h4-11H,12-13H2,1-3H3,(H,23,27). The first-order valence-electron chi connectivity index (χ1n) is 9.49. The smallest absolute Gasteiger partial charge is 0.230 e. The van der Waals surface area contributed by atoms with Gasteiger partial charge in [0, 0.05) is 11.3 Å². The predicted octanol–water partition coefficient (Wildman–Crippen LogP) is 4.02. The highest BCUT2D eigenvalue weighted by atomic mass is 32.2. The Labute approximate surface area is 178 Å². The highest BCUT2D eigenvalue weighted by molar-refractivity contribution is 7.99. The fourth-order valence-corrected chi connectivity index (χ4v) is 4.15. The van der Waals surface area contributed by atoms with E-state index in [1.165, 1.54) is 11.8 Å². The van der Waals surface area contributed by atoms with Gasteiger partial charge in [-0.3, -0.25) is 4.79 Å². The number of fused-ring (bicyclic) bond motifs is 1. The number of carbonyl (C=O) groups excluding carboxylic acids is 1. The zero-order valence-corrected chi connectivity index (χ0v) is 17.8. The van der Waals surface area contributed by atoms with E-state index < -0.39 is 0 Å². The topological polar surface area (TPSA) is 81.7 Å². The van der Waals surface area contributed by atoms with Gasteiger partial charge in [-0.05, 0) is 38.1 Å². The summed E-state index contributed by atoms with van der Waals surface area (Å²) in [6, 6.07) is 13.4. The average molecular weight is 423 g/mol. The highest BCUT2D eigenvalue weighted by Crippen LogP contribution is 2.35. The molecule has 0 fully saturated rings. The number of hydrogen-bond acceptors (Lipinski definition) is 6. The molecule has 0 aliphatic rings. The minimum Gasteiger partial charge on any atom is -0.496 e. The van der Waals surface area contributed by atoms with Crippen LogP contribution in [-0.2, 0) is 11.3 Å². The number of furan rings is 1. The Hall–Kier alpha value is -3.26. The molecule has 0 atom stereocenters. The largest absolute Gasteiger partial charge is 0.496 e. The van der Waals surface area contributed by atoms with Crippen molar-refractivity contribution in [3.05, 3.63) is 65.9 Å². The van der Waals surface area contributed by atoms with Crippen molar-refractivity contribution in [1.29, 1.82) is 0 Å². The SMILES string of the molecule is COc1ccccc1-c1c(C)nn2c(SCC(=O)NCc3ccco3)cc(C)nc12. The molecular weight excluding hydrogens is 400 g/mol. The number of aromatic nitrogens is 3. The number of methoxy groups -OCH3 is 1. The molecule has 0 unspecified atom stereocenters. The molecule has 0 saturated heterocycles. The number of carbonyl (C=O) groups is 1. The van der Waals surface area contributed by atoms with E-state index >= 15 is 0 Å². The summed E-state index contributed by atoms with van der Waals surface area (Å²) in [7, 11) is 1.65. The van der Waals surface area contributed by atoms with Crippen molar-refractivity contribution in [2.75, 3.05) is 12.9 Å². The number of benzene rings is 1. The molecule has 3 heterocycles. The Kier molecular flexibility index (Phi) is 5.76. The summed E-state index contributed by atoms with van der Waals surface area (Å²) in [5.41, 5.74) is 4.33. The molecule has 0 spiro atoms. The van der Waals surface area contributed by atoms with Crippen molar-refractivity contribution in [3.63, 3.8) is 0 Å². The van der Waals surface area contributed by atoms with Gasteiger partial charge in [-0.1, -0.05) is 30.0 Å². The van der Waals surface area contributed by atoms with E-state index in [0.717, 1.165) is 44.7 Å². The van der Waals surface area contributed by atoms with E-state index in [1.807, 2.05) is 50.2 Å². The summed E-state index contributed by atoms with van der Waals surface area (Å²) in [6.45, 7) is 4.27. The molecule has 4 rings (SSSR count). The van der Waals surface area contributed by atoms with Crippen LogP contribution in [0.25, 0.3) is 16.8 Å². The third kappa shape index (κ3) is 4.04. The van der Waals surface area contributed by atoms with Crippen molar-refractivity contribution in [3.8, 4) is 16.9 Å². The number of para-hydroxylation sites is 1. The summed E-state index contributed by atoms with van der Waals surface area (Å²) < 4.78 is 12.6. The van der Waals surface area contributed by atoms with E-state index in [2.05, 4.69) is 5.32 Å². The van der Waals surface area contributed by atoms with Crippen LogP contribution < -0.4 is 10.1 Å². The third-order valence-electron chi connectivity index (χ3n) is 4.63. The minimum absolute atomic E-state index is 0.0761. The molecular formula is C22H22N4O3S. The molecule has 30 heavy (non-hydrogen) atoms. The maximum atomic E-state index is 12.3. The lowest BCUT2D eigenvalue weighted by atomic mass is 10.1. The molecule has 0 aliphatic heterocycles. The number of rotatable bonds is 7. The maximum Gasteiger partial charge on any atom is 0.230 e. The molecule has 8 heteroatoms. The van der Waals surface area contributed by atoms with Crippen LogP contribution in [0.15, 0.2) is 58.2 Å². The molecule has 0 aliphatic carbocycles. The number of hydrogen-bond donors (Lipinski definition) is 1. The first kappa shape index (κ1) is 20.0. The Morgan fingerprint density at radius 3 is 2.83 bits per heavy atom. The van der Waals surface area contributed by atoms with E-state index in [4.69, 9.17) is 19.2 Å². The highest BCUT2D eigenvalue weighted by Gasteiger charge is 2.19. The van der Waals surface area contributed by atoms with Crippen LogP contribution in [0, 0.1) is 13.8 Å². The van der Waals surface area contributed by atoms with Gasteiger partial charge in [0.2, 0.25) is 5.91 Å². The summed E-state index contributed by atoms with van der Waals surface area (Å²) in [5, 5.41) is 8.42. The fraction of sp³-hybridized carbons (Fsp3) is 0.227. The molecule has 1 amide bonds. The number of nitrogens with one attached hydrogen (secondary N) is 1. The Morgan fingerprint density at radius 1 is 1.23 bits per heavy atom. The van der Waals surface area contributed by atoms with Crippen molar-refractivity contribution in [2.24, 2.45) is 0 Å². The van der Waals surface area contributed by atoms with E-state index in [0.29, 0.717) is 6.54 Å². The van der Waals surface area contributed by atoms with E-state index in [9.17, 15) is 4.79 Å². The molecule has 7 nitrogen and oxygen atoms in total. The van der Waals surface area contributed by atoms with Crippen molar-refractivity contribution >= 4 is 23.3 Å². The van der Waals surface area contributed by atoms with Crippen LogP contribution in [-0.4, -0.2) is 33.4 Å². The first-order chi connectivity index (χ1) is 14.6. The van der Waals surface area contributed by atoms with Crippen molar-refractivity contribution in [1.82, 2.24) is 19.9 Å². The van der Waals surface area contributed by atoms with Gasteiger partial charge in [0.15, 0.2) is 5.65 Å². The zero-order valence-electron chi connectivity index (χ0n) is 17.0. The second kappa shape index (κ2) is 8.62. The summed E-state index contributed by atoms with van der Waals surface area (Å²) in [5.74, 6) is 1.68. The number of ether oxygens (including phenoxy) is 1. The maximum absolute atomic E-state index is 12.3. The molecule has 1 N–H and O–H groups in total. The summed E-state index contributed by atoms with van der Waals surface area (Å²) >= 11 is 1.42. The van der Waals surface area contributed by atoms with Gasteiger partial charge in [0.1, 0.15) is 16.5 Å². The number of thioether (sulfide) groups is 1. The van der Waals surface area contributed by atoms with Crippen molar-refractivity contribution < 1.29 is 13.9 Å². The first-order valence-corrected chi connectivity index (χ1v) is 10.5. The second-order valence-electron chi connectivity index (χ2n) is 6.78. The van der Waals surface area contributed by atoms with Gasteiger partial charge in [-0.2, -0.15) is 5.10 Å². The fourth-order valence-electron chi connectivity index (χ4n) is 3.27. The lowest BCUT2D eigenvalue weighted by Gasteiger charge is -2.09. The van der Waals surface area contributed by atoms with Gasteiger partial charge in [-0.15, -0.1) is 0 Å². The van der Waals surface area contributed by atoms with Crippen LogP contribution in [0.2, 0.25) is 0 Å². The quantitative estimate of drug-likeness (QED) is 0.358. The normalized spacial score (nSPS) is 11.0. The molecule has 0 bridgehead atoms. The van der Waals surface area contributed by atoms with Crippen LogP contribution in [0.1, 0.15) is 17.1 Å². The Morgan fingerprint density at radius 2 is 2.07 bits per heavy atom. The van der Waals surface area contributed by atoms with Crippen LogP contribution in [0.5, 0.6) is 5.75 Å². The molecule has 154 valence electrons. The van der Waals surface area contributed by atoms with E-state index in [1.54, 1.807) is 24.0 Å². The second-order valence-corrected chi connectivity index (χ2v) is 7.77. The zero-order chi connectivity index (χ0) is 21.1. The molecule has 1 aromatic carbocycles. The van der Waals surface area contributed by atoms with Crippen molar-refractivity contribution in [2.45, 2.75) is 25.4 Å². The average Bonchev–Trinajstić information content (AvgIpc) is 3.37. The molecule has 0 saturated carbocycles. The monoisotopic (exact) mass is 422 g/mol.